The standard InChI is InChI=1S/C31H33Cl2N3O4S/c1-19(2)17-26(30(34)37)35-31(38)25-15-16-27(21-11-13-23(32)14-12-21)36(29(25)22-8-6-9-24(33)18-22)41(39,40)28-10-5-4-7-20(28)3/h4-15,18-19,26-27,29H,16-17H2,1-3H3,(H2,34,37)(H,35,38)/t26-,27-,29?/m0/s1. The van der Waals surface area contributed by atoms with Crippen molar-refractivity contribution in [1.29, 1.82) is 0 Å². The molecule has 0 spiro atoms. The molecule has 0 aromatic heterocycles. The molecule has 3 atom stereocenters. The largest absolute Gasteiger partial charge is 0.368 e. The Bertz CT molecular complexity index is 1570. The van der Waals surface area contributed by atoms with E-state index in [1.54, 1.807) is 85.8 Å². The van der Waals surface area contributed by atoms with Gasteiger partial charge in [-0.2, -0.15) is 4.31 Å². The molecular weight excluding hydrogens is 581 g/mol. The monoisotopic (exact) mass is 613 g/mol. The third kappa shape index (κ3) is 6.84. The van der Waals surface area contributed by atoms with Crippen molar-refractivity contribution >= 4 is 45.0 Å². The fourth-order valence-electron chi connectivity index (χ4n) is 5.18. The van der Waals surface area contributed by atoms with Crippen molar-refractivity contribution in [2.45, 2.75) is 56.6 Å². The van der Waals surface area contributed by atoms with E-state index in [0.29, 0.717) is 33.2 Å². The van der Waals surface area contributed by atoms with E-state index in [2.05, 4.69) is 5.32 Å². The van der Waals surface area contributed by atoms with Gasteiger partial charge in [0, 0.05) is 15.6 Å². The van der Waals surface area contributed by atoms with E-state index < -0.39 is 40.0 Å². The van der Waals surface area contributed by atoms with Gasteiger partial charge in [-0.25, -0.2) is 8.42 Å². The lowest BCUT2D eigenvalue weighted by Crippen LogP contribution is -2.49. The van der Waals surface area contributed by atoms with E-state index >= 15 is 0 Å². The number of nitrogens with one attached hydrogen (secondary N) is 1. The predicted molar refractivity (Wildman–Crippen MR) is 162 cm³/mol. The van der Waals surface area contributed by atoms with Gasteiger partial charge in [-0.05, 0) is 72.7 Å². The van der Waals surface area contributed by atoms with Crippen LogP contribution in [0.3, 0.4) is 0 Å². The summed E-state index contributed by atoms with van der Waals surface area (Å²) in [5, 5.41) is 3.67. The minimum absolute atomic E-state index is 0.0871. The highest BCUT2D eigenvalue weighted by Gasteiger charge is 2.45. The fraction of sp³-hybridized carbons (Fsp3) is 0.290. The molecule has 1 aliphatic rings. The van der Waals surface area contributed by atoms with Gasteiger partial charge in [0.05, 0.1) is 17.0 Å². The Kier molecular flexibility index (Phi) is 9.59. The highest BCUT2D eigenvalue weighted by molar-refractivity contribution is 7.89. The molecular formula is C31H33Cl2N3O4S. The molecule has 41 heavy (non-hydrogen) atoms. The Balaban J connectivity index is 1.94. The van der Waals surface area contributed by atoms with Crippen LogP contribution in [0.2, 0.25) is 10.0 Å². The van der Waals surface area contributed by atoms with Crippen LogP contribution in [0.1, 0.15) is 55.5 Å². The van der Waals surface area contributed by atoms with Gasteiger partial charge in [-0.3, -0.25) is 9.59 Å². The van der Waals surface area contributed by atoms with Crippen LogP contribution >= 0.6 is 23.2 Å². The number of primary amides is 1. The molecule has 0 aliphatic carbocycles. The first kappa shape index (κ1) is 30.8. The van der Waals surface area contributed by atoms with Crippen molar-refractivity contribution in [3.05, 3.63) is 111 Å². The summed E-state index contributed by atoms with van der Waals surface area (Å²) in [4.78, 5) is 26.2. The van der Waals surface area contributed by atoms with Crippen LogP contribution < -0.4 is 11.1 Å². The van der Waals surface area contributed by atoms with E-state index in [1.807, 2.05) is 13.8 Å². The normalized spacial score (nSPS) is 18.5. The molecule has 1 heterocycles. The van der Waals surface area contributed by atoms with Gasteiger partial charge in [-0.15, -0.1) is 0 Å². The SMILES string of the molecule is Cc1ccccc1S(=O)(=O)N1C(c2cccc(Cl)c2)C(C(=O)N[C@@H](CC(C)C)C(N)=O)=CC[C@H]1c1ccc(Cl)cc1. The van der Waals surface area contributed by atoms with Gasteiger partial charge >= 0.3 is 0 Å². The van der Waals surface area contributed by atoms with Crippen molar-refractivity contribution in [3.63, 3.8) is 0 Å². The van der Waals surface area contributed by atoms with Crippen LogP contribution in [0.15, 0.2) is 89.3 Å². The van der Waals surface area contributed by atoms with Gasteiger partial charge < -0.3 is 11.1 Å². The number of benzene rings is 3. The van der Waals surface area contributed by atoms with Crippen LogP contribution in [0.5, 0.6) is 0 Å². The molecule has 2 amide bonds. The number of sulfonamides is 1. The Labute approximate surface area is 251 Å². The number of halogens is 2. The van der Waals surface area contributed by atoms with Crippen molar-refractivity contribution < 1.29 is 18.0 Å². The van der Waals surface area contributed by atoms with Crippen molar-refractivity contribution in [2.75, 3.05) is 0 Å². The third-order valence-corrected chi connectivity index (χ3v) is 9.62. The Morgan fingerprint density at radius 2 is 1.66 bits per heavy atom. The summed E-state index contributed by atoms with van der Waals surface area (Å²) in [5.41, 5.74) is 7.59. The first-order chi connectivity index (χ1) is 19.4. The second-order valence-electron chi connectivity index (χ2n) is 10.6. The summed E-state index contributed by atoms with van der Waals surface area (Å²) in [6.45, 7) is 5.57. The first-order valence-electron chi connectivity index (χ1n) is 13.3. The molecule has 3 aromatic rings. The second-order valence-corrected chi connectivity index (χ2v) is 13.3. The lowest BCUT2D eigenvalue weighted by Gasteiger charge is -2.41. The van der Waals surface area contributed by atoms with E-state index in [9.17, 15) is 18.0 Å². The Morgan fingerprint density at radius 3 is 2.27 bits per heavy atom. The van der Waals surface area contributed by atoms with Crippen molar-refractivity contribution in [1.82, 2.24) is 9.62 Å². The maximum Gasteiger partial charge on any atom is 0.249 e. The molecule has 0 fully saturated rings. The van der Waals surface area contributed by atoms with Gasteiger partial charge in [0.15, 0.2) is 0 Å². The fourth-order valence-corrected chi connectivity index (χ4v) is 7.52. The zero-order valence-corrected chi connectivity index (χ0v) is 25.4. The smallest absolute Gasteiger partial charge is 0.249 e. The highest BCUT2D eigenvalue weighted by Crippen LogP contribution is 2.46. The molecule has 1 aliphatic heterocycles. The summed E-state index contributed by atoms with van der Waals surface area (Å²) >= 11 is 12.5. The number of aryl methyl sites for hydroxylation is 1. The summed E-state index contributed by atoms with van der Waals surface area (Å²) in [7, 11) is -4.20. The summed E-state index contributed by atoms with van der Waals surface area (Å²) < 4.78 is 30.6. The topological polar surface area (TPSA) is 110 Å². The number of nitrogens with two attached hydrogens (primary N) is 1. The summed E-state index contributed by atoms with van der Waals surface area (Å²) in [6, 6.07) is 17.9. The van der Waals surface area contributed by atoms with Crippen molar-refractivity contribution in [2.24, 2.45) is 11.7 Å². The molecule has 1 unspecified atom stereocenters. The zero-order chi connectivity index (χ0) is 29.9. The molecule has 3 aromatic carbocycles. The summed E-state index contributed by atoms with van der Waals surface area (Å²) in [5.74, 6) is -1.14. The number of rotatable bonds is 9. The molecule has 4 rings (SSSR count). The lowest BCUT2D eigenvalue weighted by atomic mass is 9.88. The maximum absolute atomic E-state index is 14.6. The number of hydrogen-bond acceptors (Lipinski definition) is 4. The van der Waals surface area contributed by atoms with Gasteiger partial charge in [0.25, 0.3) is 0 Å². The van der Waals surface area contributed by atoms with Gasteiger partial charge in [0.2, 0.25) is 21.8 Å². The van der Waals surface area contributed by atoms with E-state index in [-0.39, 0.29) is 22.8 Å². The molecule has 216 valence electrons. The zero-order valence-electron chi connectivity index (χ0n) is 23.1. The quantitative estimate of drug-likeness (QED) is 0.303. The third-order valence-electron chi connectivity index (χ3n) is 7.10. The van der Waals surface area contributed by atoms with Crippen molar-refractivity contribution in [3.8, 4) is 0 Å². The molecule has 7 nitrogen and oxygen atoms in total. The van der Waals surface area contributed by atoms with E-state index in [1.165, 1.54) is 4.31 Å². The van der Waals surface area contributed by atoms with Crippen LogP contribution in [-0.2, 0) is 19.6 Å². The molecule has 10 heteroatoms. The first-order valence-corrected chi connectivity index (χ1v) is 15.5. The Hall–Kier alpha value is -3.17. The molecule has 3 N–H and O–H groups in total. The van der Waals surface area contributed by atoms with E-state index in [0.717, 1.165) is 0 Å². The average Bonchev–Trinajstić information content (AvgIpc) is 2.92. The van der Waals surface area contributed by atoms with Crippen LogP contribution in [0, 0.1) is 12.8 Å². The maximum atomic E-state index is 14.6. The van der Waals surface area contributed by atoms with Crippen LogP contribution in [0.4, 0.5) is 0 Å². The second kappa shape index (κ2) is 12.8. The highest BCUT2D eigenvalue weighted by atomic mass is 35.5. The number of carbonyl (C=O) groups excluding carboxylic acids is 2. The lowest BCUT2D eigenvalue weighted by molar-refractivity contribution is -0.126. The number of carbonyl (C=O) groups is 2. The molecule has 0 saturated heterocycles. The minimum Gasteiger partial charge on any atom is -0.368 e. The average molecular weight is 615 g/mol. The molecule has 0 bridgehead atoms. The van der Waals surface area contributed by atoms with Crippen LogP contribution in [0.25, 0.3) is 0 Å². The van der Waals surface area contributed by atoms with Gasteiger partial charge in [0.1, 0.15) is 6.04 Å². The molecule has 0 radical (unpaired) electrons. The number of hydrogen-bond donors (Lipinski definition) is 2. The number of amides is 2. The van der Waals surface area contributed by atoms with Gasteiger partial charge in [-0.1, -0.05) is 85.6 Å². The van der Waals surface area contributed by atoms with Crippen LogP contribution in [-0.4, -0.2) is 30.6 Å². The number of nitrogens with zero attached hydrogens (tertiary/aromatic N) is 1. The predicted octanol–water partition coefficient (Wildman–Crippen LogP) is 6.12. The Morgan fingerprint density at radius 1 is 0.976 bits per heavy atom. The summed E-state index contributed by atoms with van der Waals surface area (Å²) in [6.07, 6.45) is 2.28. The minimum atomic E-state index is -4.20. The van der Waals surface area contributed by atoms with E-state index in [4.69, 9.17) is 28.9 Å². The molecule has 0 saturated carbocycles.